The van der Waals surface area contributed by atoms with Gasteiger partial charge in [-0.05, 0) is 23.7 Å². The highest BCUT2D eigenvalue weighted by Gasteiger charge is 2.08. The molecule has 88 valence electrons. The van der Waals surface area contributed by atoms with E-state index in [4.69, 9.17) is 27.6 Å². The van der Waals surface area contributed by atoms with Crippen molar-refractivity contribution in [1.29, 1.82) is 0 Å². The molecule has 2 N–H and O–H groups in total. The van der Waals surface area contributed by atoms with E-state index in [-0.39, 0.29) is 22.0 Å². The van der Waals surface area contributed by atoms with Crippen LogP contribution in [0, 0.1) is 0 Å². The van der Waals surface area contributed by atoms with Crippen LogP contribution < -0.4 is 10.9 Å². The molecule has 0 bridgehead atoms. The number of aromatic nitrogens is 2. The quantitative estimate of drug-likeness (QED) is 0.508. The summed E-state index contributed by atoms with van der Waals surface area (Å²) in [4.78, 5) is 18.9. The van der Waals surface area contributed by atoms with Gasteiger partial charge in [-0.2, -0.15) is 4.98 Å². The number of hydrogen-bond donors (Lipinski definition) is 2. The number of carbonyl (C=O) groups excluding carboxylic acids is 1. The number of furan rings is 1. The van der Waals surface area contributed by atoms with Gasteiger partial charge in [0.2, 0.25) is 5.28 Å². The lowest BCUT2D eigenvalue weighted by molar-refractivity contribution is 0.0935. The largest absolute Gasteiger partial charge is 0.459 e. The van der Waals surface area contributed by atoms with Gasteiger partial charge in [-0.3, -0.25) is 15.6 Å². The Bertz CT molecular complexity index is 510. The van der Waals surface area contributed by atoms with Crippen LogP contribution in [0.2, 0.25) is 10.4 Å². The number of carbonyl (C=O) groups is 1. The van der Waals surface area contributed by atoms with Gasteiger partial charge in [0, 0.05) is 6.07 Å². The summed E-state index contributed by atoms with van der Waals surface area (Å²) in [7, 11) is 0. The molecule has 0 radical (unpaired) electrons. The zero-order valence-electron chi connectivity index (χ0n) is 8.28. The first-order valence-electron chi connectivity index (χ1n) is 4.45. The van der Waals surface area contributed by atoms with Gasteiger partial charge in [0.25, 0.3) is 0 Å². The van der Waals surface area contributed by atoms with E-state index in [9.17, 15) is 4.79 Å². The molecular formula is C9H6Cl2N4O2. The summed E-state index contributed by atoms with van der Waals surface area (Å²) in [6, 6.07) is 4.54. The third kappa shape index (κ3) is 3.08. The molecule has 0 saturated carbocycles. The van der Waals surface area contributed by atoms with Crippen molar-refractivity contribution in [2.24, 2.45) is 0 Å². The number of rotatable bonds is 3. The number of nitrogens with one attached hydrogen (secondary N) is 2. The first-order chi connectivity index (χ1) is 8.15. The van der Waals surface area contributed by atoms with Crippen LogP contribution in [-0.4, -0.2) is 15.9 Å². The number of halogens is 2. The van der Waals surface area contributed by atoms with E-state index in [0.717, 1.165) is 0 Å². The van der Waals surface area contributed by atoms with Crippen LogP contribution in [0.3, 0.4) is 0 Å². The lowest BCUT2D eigenvalue weighted by Crippen LogP contribution is -2.29. The third-order valence-corrected chi connectivity index (χ3v) is 2.08. The van der Waals surface area contributed by atoms with Gasteiger partial charge >= 0.3 is 5.91 Å². The summed E-state index contributed by atoms with van der Waals surface area (Å²) in [6.07, 6.45) is 1.40. The van der Waals surface area contributed by atoms with Crippen molar-refractivity contribution >= 4 is 34.9 Å². The van der Waals surface area contributed by atoms with Crippen molar-refractivity contribution in [3.05, 3.63) is 40.7 Å². The Balaban J connectivity index is 2.00. The van der Waals surface area contributed by atoms with Crippen molar-refractivity contribution in [3.8, 4) is 0 Å². The molecule has 2 rings (SSSR count). The van der Waals surface area contributed by atoms with Crippen LogP contribution in [0.25, 0.3) is 0 Å². The fourth-order valence-electron chi connectivity index (χ4n) is 1.04. The van der Waals surface area contributed by atoms with E-state index in [1.807, 2.05) is 0 Å². The Morgan fingerprint density at radius 2 is 2.18 bits per heavy atom. The molecule has 0 atom stereocenters. The first kappa shape index (κ1) is 11.7. The van der Waals surface area contributed by atoms with Crippen LogP contribution in [0.15, 0.2) is 28.9 Å². The number of hydrogen-bond acceptors (Lipinski definition) is 5. The van der Waals surface area contributed by atoms with Crippen molar-refractivity contribution < 1.29 is 9.21 Å². The van der Waals surface area contributed by atoms with E-state index in [2.05, 4.69) is 20.8 Å². The molecule has 0 aromatic carbocycles. The summed E-state index contributed by atoms with van der Waals surface area (Å²) >= 11 is 11.2. The van der Waals surface area contributed by atoms with E-state index in [0.29, 0.717) is 0 Å². The molecule has 6 nitrogen and oxygen atoms in total. The molecular weight excluding hydrogens is 267 g/mol. The minimum Gasteiger partial charge on any atom is -0.459 e. The summed E-state index contributed by atoms with van der Waals surface area (Å²) < 4.78 is 4.89. The second-order valence-electron chi connectivity index (χ2n) is 2.90. The maximum absolute atomic E-state index is 11.5. The monoisotopic (exact) mass is 272 g/mol. The summed E-state index contributed by atoms with van der Waals surface area (Å²) in [5.41, 5.74) is 4.90. The van der Waals surface area contributed by atoms with E-state index < -0.39 is 5.91 Å². The fraction of sp³-hybridized carbons (Fsp3) is 0. The zero-order valence-corrected chi connectivity index (χ0v) is 9.79. The minimum atomic E-state index is -0.444. The molecule has 0 saturated heterocycles. The van der Waals surface area contributed by atoms with Crippen LogP contribution in [0.1, 0.15) is 10.6 Å². The predicted octanol–water partition coefficient (Wildman–Crippen LogP) is 2.13. The van der Waals surface area contributed by atoms with Crippen LogP contribution in [0.4, 0.5) is 5.82 Å². The lowest BCUT2D eigenvalue weighted by Gasteiger charge is -2.06. The normalized spacial score (nSPS) is 10.0. The van der Waals surface area contributed by atoms with Crippen LogP contribution in [-0.2, 0) is 0 Å². The highest BCUT2D eigenvalue weighted by atomic mass is 35.5. The second kappa shape index (κ2) is 5.03. The average molecular weight is 273 g/mol. The molecule has 0 aliphatic rings. The fourth-order valence-corrected chi connectivity index (χ4v) is 1.45. The Morgan fingerprint density at radius 1 is 1.35 bits per heavy atom. The smallest absolute Gasteiger partial charge is 0.305 e. The number of anilines is 1. The maximum atomic E-state index is 11.5. The minimum absolute atomic E-state index is 0.0211. The standard InChI is InChI=1S/C9H6Cl2N4O2/c10-6-4-7(13-9(11)12-6)14-15-8(16)5-2-1-3-17-5/h1-4H,(H,15,16)(H,12,13,14). The topological polar surface area (TPSA) is 80.0 Å². The highest BCUT2D eigenvalue weighted by Crippen LogP contribution is 2.13. The van der Waals surface area contributed by atoms with Crippen molar-refractivity contribution in [3.63, 3.8) is 0 Å². The molecule has 0 fully saturated rings. The second-order valence-corrected chi connectivity index (χ2v) is 3.63. The molecule has 17 heavy (non-hydrogen) atoms. The molecule has 1 amide bonds. The molecule has 0 unspecified atom stereocenters. The third-order valence-electron chi connectivity index (χ3n) is 1.72. The van der Waals surface area contributed by atoms with Gasteiger partial charge in [0.05, 0.1) is 6.26 Å². The highest BCUT2D eigenvalue weighted by molar-refractivity contribution is 6.32. The molecule has 0 spiro atoms. The molecule has 0 aliphatic carbocycles. The average Bonchev–Trinajstić information content (AvgIpc) is 2.78. The van der Waals surface area contributed by atoms with Gasteiger partial charge < -0.3 is 4.42 Å². The van der Waals surface area contributed by atoms with Crippen molar-refractivity contribution in [2.45, 2.75) is 0 Å². The molecule has 8 heteroatoms. The van der Waals surface area contributed by atoms with E-state index in [1.165, 1.54) is 18.4 Å². The zero-order chi connectivity index (χ0) is 12.3. The Hall–Kier alpha value is -1.79. The molecule has 2 aromatic rings. The van der Waals surface area contributed by atoms with Crippen molar-refractivity contribution in [2.75, 3.05) is 5.43 Å². The molecule has 2 aromatic heterocycles. The van der Waals surface area contributed by atoms with Gasteiger partial charge in [0.15, 0.2) is 11.6 Å². The van der Waals surface area contributed by atoms with E-state index in [1.54, 1.807) is 6.07 Å². The Labute approximate surface area is 106 Å². The first-order valence-corrected chi connectivity index (χ1v) is 5.20. The van der Waals surface area contributed by atoms with Crippen molar-refractivity contribution in [1.82, 2.24) is 15.4 Å². The number of nitrogens with zero attached hydrogens (tertiary/aromatic N) is 2. The Kier molecular flexibility index (Phi) is 3.46. The van der Waals surface area contributed by atoms with Gasteiger partial charge in [0.1, 0.15) is 5.15 Å². The van der Waals surface area contributed by atoms with Gasteiger partial charge in [-0.15, -0.1) is 0 Å². The Morgan fingerprint density at radius 3 is 2.82 bits per heavy atom. The summed E-state index contributed by atoms with van der Waals surface area (Å²) in [5, 5.41) is 0.145. The van der Waals surface area contributed by atoms with Crippen LogP contribution >= 0.6 is 23.2 Å². The van der Waals surface area contributed by atoms with Gasteiger partial charge in [-0.1, -0.05) is 11.6 Å². The molecule has 0 aliphatic heterocycles. The lowest BCUT2D eigenvalue weighted by atomic mass is 10.4. The number of amides is 1. The van der Waals surface area contributed by atoms with Crippen LogP contribution in [0.5, 0.6) is 0 Å². The molecule has 2 heterocycles. The number of hydrazine groups is 1. The maximum Gasteiger partial charge on any atom is 0.305 e. The summed E-state index contributed by atoms with van der Waals surface area (Å²) in [5.74, 6) is -0.000451. The summed E-state index contributed by atoms with van der Waals surface area (Å²) in [6.45, 7) is 0. The van der Waals surface area contributed by atoms with E-state index >= 15 is 0 Å². The van der Waals surface area contributed by atoms with Gasteiger partial charge in [-0.25, -0.2) is 4.98 Å². The SMILES string of the molecule is O=C(NNc1cc(Cl)nc(Cl)n1)c1ccco1. The predicted molar refractivity (Wildman–Crippen MR) is 61.8 cm³/mol.